The molecular weight excluding hydrogens is 490 g/mol. The molecule has 0 aliphatic heterocycles. The number of carboxylic acids is 1. The van der Waals surface area contributed by atoms with Gasteiger partial charge in [0, 0.05) is 42.0 Å². The third-order valence-corrected chi connectivity index (χ3v) is 9.26. The number of fused-ring (bicyclic) bond motifs is 2. The van der Waals surface area contributed by atoms with Crippen LogP contribution in [0.3, 0.4) is 0 Å². The first-order chi connectivity index (χ1) is 19.0. The van der Waals surface area contributed by atoms with Gasteiger partial charge in [-0.2, -0.15) is 0 Å². The molecule has 210 valence electrons. The minimum atomic E-state index is -0.966. The van der Waals surface area contributed by atoms with E-state index in [-0.39, 0.29) is 29.8 Å². The average Bonchev–Trinajstić information content (AvgIpc) is 2.98. The van der Waals surface area contributed by atoms with Gasteiger partial charge in [0.2, 0.25) is 5.91 Å². The van der Waals surface area contributed by atoms with Crippen molar-refractivity contribution in [2.75, 3.05) is 6.54 Å². The Morgan fingerprint density at radius 3 is 2.33 bits per heavy atom. The normalized spacial score (nSPS) is 26.1. The fourth-order valence-corrected chi connectivity index (χ4v) is 7.05. The molecule has 1 fully saturated rings. The lowest BCUT2D eigenvalue weighted by molar-refractivity contribution is -0.143. The second kappa shape index (κ2) is 13.0. The number of hydrogen-bond acceptors (Lipinski definition) is 6. The van der Waals surface area contributed by atoms with Crippen molar-refractivity contribution in [3.8, 4) is 0 Å². The average molecular weight is 534 g/mol. The van der Waals surface area contributed by atoms with E-state index >= 15 is 0 Å². The van der Waals surface area contributed by atoms with Crippen LogP contribution < -0.4 is 16.4 Å². The Morgan fingerprint density at radius 2 is 1.62 bits per heavy atom. The zero-order chi connectivity index (χ0) is 27.2. The van der Waals surface area contributed by atoms with Crippen LogP contribution in [0, 0.1) is 11.8 Å². The highest BCUT2D eigenvalue weighted by Gasteiger charge is 2.36. The largest absolute Gasteiger partial charge is 0.480 e. The topological polar surface area (TPSA) is 130 Å². The van der Waals surface area contributed by atoms with Crippen molar-refractivity contribution in [1.82, 2.24) is 20.6 Å². The molecule has 3 unspecified atom stereocenters. The SMILES string of the molecule is NC(C1CCC(C(=O)N[C@@H](CCCNC2CCCc3cccnc32)C(=O)O)CC1)C1CCCc2cccnc21. The molecule has 1 amide bonds. The first-order valence-electron chi connectivity index (χ1n) is 14.9. The van der Waals surface area contributed by atoms with Crippen LogP contribution in [0.15, 0.2) is 36.7 Å². The number of aromatic nitrogens is 2. The fraction of sp³-hybridized carbons (Fsp3) is 0.613. The number of pyridine rings is 2. The Balaban J connectivity index is 1.06. The van der Waals surface area contributed by atoms with Crippen molar-refractivity contribution in [1.29, 1.82) is 0 Å². The minimum Gasteiger partial charge on any atom is -0.480 e. The third kappa shape index (κ3) is 6.67. The molecule has 3 aliphatic rings. The lowest BCUT2D eigenvalue weighted by atomic mass is 9.71. The highest BCUT2D eigenvalue weighted by atomic mass is 16.4. The lowest BCUT2D eigenvalue weighted by Gasteiger charge is -2.37. The van der Waals surface area contributed by atoms with Crippen molar-refractivity contribution in [3.05, 3.63) is 59.2 Å². The first-order valence-corrected chi connectivity index (χ1v) is 14.9. The van der Waals surface area contributed by atoms with Gasteiger partial charge in [-0.15, -0.1) is 0 Å². The third-order valence-electron chi connectivity index (χ3n) is 9.26. The van der Waals surface area contributed by atoms with Gasteiger partial charge < -0.3 is 21.5 Å². The van der Waals surface area contributed by atoms with E-state index in [2.05, 4.69) is 32.7 Å². The minimum absolute atomic E-state index is 0.0496. The Morgan fingerprint density at radius 1 is 0.949 bits per heavy atom. The summed E-state index contributed by atoms with van der Waals surface area (Å²) in [4.78, 5) is 34.2. The highest BCUT2D eigenvalue weighted by Crippen LogP contribution is 2.39. The Kier molecular flexibility index (Phi) is 9.24. The summed E-state index contributed by atoms with van der Waals surface area (Å²) in [5, 5.41) is 16.2. The van der Waals surface area contributed by atoms with Crippen molar-refractivity contribution in [2.45, 2.75) is 101 Å². The number of carbonyl (C=O) groups excluding carboxylic acids is 1. The van der Waals surface area contributed by atoms with Crippen LogP contribution in [0.5, 0.6) is 0 Å². The zero-order valence-corrected chi connectivity index (χ0v) is 22.9. The van der Waals surface area contributed by atoms with Crippen LogP contribution in [-0.2, 0) is 22.4 Å². The van der Waals surface area contributed by atoms with Gasteiger partial charge in [0.25, 0.3) is 0 Å². The predicted octanol–water partition coefficient (Wildman–Crippen LogP) is 4.05. The van der Waals surface area contributed by atoms with Gasteiger partial charge in [0.15, 0.2) is 0 Å². The maximum absolute atomic E-state index is 13.0. The molecular formula is C31H43N5O3. The smallest absolute Gasteiger partial charge is 0.326 e. The van der Waals surface area contributed by atoms with Crippen LogP contribution in [0.25, 0.3) is 0 Å². The Bertz CT molecular complexity index is 1130. The maximum atomic E-state index is 13.0. The summed E-state index contributed by atoms with van der Waals surface area (Å²) in [6.07, 6.45) is 14.6. The standard InChI is InChI=1S/C31H43N5O3/c32-27(24-10-1-6-21-8-3-18-34-28(21)24)20-13-15-23(16-14-20)30(37)36-26(31(38)39)12-5-17-33-25-11-2-7-22-9-4-19-35-29(22)25/h3-4,8-9,18-20,23-27,33H,1-2,5-7,10-17,32H2,(H,36,37)(H,38,39)/t20?,23?,24?,25?,26-,27?/m0/s1. The van der Waals surface area contributed by atoms with E-state index in [1.165, 1.54) is 16.8 Å². The van der Waals surface area contributed by atoms with E-state index in [0.29, 0.717) is 25.3 Å². The van der Waals surface area contributed by atoms with Gasteiger partial charge in [-0.25, -0.2) is 4.79 Å². The van der Waals surface area contributed by atoms with E-state index in [1.807, 2.05) is 24.5 Å². The van der Waals surface area contributed by atoms with Crippen LogP contribution in [-0.4, -0.2) is 45.6 Å². The highest BCUT2D eigenvalue weighted by molar-refractivity contribution is 5.85. The number of nitrogens with one attached hydrogen (secondary N) is 2. The summed E-state index contributed by atoms with van der Waals surface area (Å²) in [5.41, 5.74) is 11.7. The second-order valence-corrected chi connectivity index (χ2v) is 11.7. The number of carboxylic acid groups (broad SMARTS) is 1. The summed E-state index contributed by atoms with van der Waals surface area (Å²) < 4.78 is 0. The summed E-state index contributed by atoms with van der Waals surface area (Å²) in [7, 11) is 0. The zero-order valence-electron chi connectivity index (χ0n) is 22.9. The molecule has 8 heteroatoms. The number of rotatable bonds is 10. The quantitative estimate of drug-likeness (QED) is 0.339. The molecule has 2 heterocycles. The molecule has 5 N–H and O–H groups in total. The molecule has 2 aromatic heterocycles. The molecule has 1 saturated carbocycles. The van der Waals surface area contributed by atoms with Gasteiger partial charge in [-0.1, -0.05) is 12.1 Å². The van der Waals surface area contributed by atoms with Crippen molar-refractivity contribution in [2.24, 2.45) is 17.6 Å². The van der Waals surface area contributed by atoms with Crippen LogP contribution in [0.2, 0.25) is 0 Å². The van der Waals surface area contributed by atoms with E-state index in [4.69, 9.17) is 5.73 Å². The van der Waals surface area contributed by atoms with E-state index < -0.39 is 12.0 Å². The van der Waals surface area contributed by atoms with Gasteiger partial charge >= 0.3 is 5.97 Å². The van der Waals surface area contributed by atoms with Gasteiger partial charge in [0.1, 0.15) is 6.04 Å². The maximum Gasteiger partial charge on any atom is 0.326 e. The fourth-order valence-electron chi connectivity index (χ4n) is 7.05. The number of carbonyl (C=O) groups is 2. The summed E-state index contributed by atoms with van der Waals surface area (Å²) in [6.45, 7) is 0.697. The number of nitrogens with zero attached hydrogens (tertiary/aromatic N) is 2. The molecule has 39 heavy (non-hydrogen) atoms. The van der Waals surface area contributed by atoms with Crippen LogP contribution in [0.4, 0.5) is 0 Å². The van der Waals surface area contributed by atoms with E-state index in [0.717, 1.165) is 69.9 Å². The second-order valence-electron chi connectivity index (χ2n) is 11.7. The van der Waals surface area contributed by atoms with Crippen molar-refractivity contribution in [3.63, 3.8) is 0 Å². The van der Waals surface area contributed by atoms with Gasteiger partial charge in [-0.3, -0.25) is 14.8 Å². The Labute approximate surface area is 231 Å². The molecule has 2 aromatic rings. The number of amides is 1. The summed E-state index contributed by atoms with van der Waals surface area (Å²) >= 11 is 0. The number of aryl methyl sites for hydroxylation is 2. The van der Waals surface area contributed by atoms with Gasteiger partial charge in [-0.05, 0) is 113 Å². The van der Waals surface area contributed by atoms with Crippen molar-refractivity contribution < 1.29 is 14.7 Å². The number of nitrogens with two attached hydrogens (primary N) is 1. The van der Waals surface area contributed by atoms with E-state index in [1.54, 1.807) is 0 Å². The molecule has 8 nitrogen and oxygen atoms in total. The van der Waals surface area contributed by atoms with Crippen LogP contribution in [0.1, 0.15) is 98.7 Å². The molecule has 0 aromatic carbocycles. The van der Waals surface area contributed by atoms with Gasteiger partial charge in [0.05, 0.1) is 5.69 Å². The van der Waals surface area contributed by atoms with Crippen LogP contribution >= 0.6 is 0 Å². The van der Waals surface area contributed by atoms with Crippen molar-refractivity contribution >= 4 is 11.9 Å². The predicted molar refractivity (Wildman–Crippen MR) is 150 cm³/mol. The molecule has 4 atom stereocenters. The molecule has 3 aliphatic carbocycles. The summed E-state index contributed by atoms with van der Waals surface area (Å²) in [6, 6.07) is 7.70. The molecule has 0 radical (unpaired) electrons. The molecule has 5 rings (SSSR count). The summed E-state index contributed by atoms with van der Waals surface area (Å²) in [5.74, 6) is -0.583. The van der Waals surface area contributed by atoms with E-state index in [9.17, 15) is 14.7 Å². The number of aliphatic carboxylic acids is 1. The molecule has 0 saturated heterocycles. The monoisotopic (exact) mass is 533 g/mol. The number of hydrogen-bond donors (Lipinski definition) is 4. The lowest BCUT2D eigenvalue weighted by Crippen LogP contribution is -2.46. The molecule has 0 bridgehead atoms. The Hall–Kier alpha value is -2.84. The first kappa shape index (κ1) is 27.7. The molecule has 0 spiro atoms.